The molecule has 172 valence electrons. The van der Waals surface area contributed by atoms with E-state index in [1.54, 1.807) is 13.4 Å². The highest BCUT2D eigenvalue weighted by Crippen LogP contribution is 2.39. The summed E-state index contributed by atoms with van der Waals surface area (Å²) in [7, 11) is 1.56. The van der Waals surface area contributed by atoms with E-state index in [1.165, 1.54) is 35.6 Å². The van der Waals surface area contributed by atoms with Gasteiger partial charge < -0.3 is 14.4 Å². The minimum Gasteiger partial charge on any atom is -0.495 e. The second-order valence-electron chi connectivity index (χ2n) is 7.63. The number of aromatic nitrogens is 4. The molecule has 0 spiro atoms. The summed E-state index contributed by atoms with van der Waals surface area (Å²) in [5.74, 6) is 0.0971. The highest BCUT2D eigenvalue weighted by Gasteiger charge is 2.21. The third-order valence-corrected chi connectivity index (χ3v) is 6.72. The fourth-order valence-electron chi connectivity index (χ4n) is 3.93. The van der Waals surface area contributed by atoms with Gasteiger partial charge in [-0.3, -0.25) is 9.78 Å². The molecule has 0 aliphatic heterocycles. The summed E-state index contributed by atoms with van der Waals surface area (Å²) in [4.78, 5) is 34.0. The van der Waals surface area contributed by atoms with E-state index in [4.69, 9.17) is 4.74 Å². The lowest BCUT2D eigenvalue weighted by Gasteiger charge is -2.11. The van der Waals surface area contributed by atoms with Crippen LogP contribution in [0, 0.1) is 12.7 Å². The Morgan fingerprint density at radius 2 is 1.94 bits per heavy atom. The van der Waals surface area contributed by atoms with Crippen LogP contribution in [0.5, 0.6) is 5.75 Å². The average Bonchev–Trinajstić information content (AvgIpc) is 3.43. The Kier molecular flexibility index (Phi) is 5.39. The van der Waals surface area contributed by atoms with E-state index in [0.717, 1.165) is 21.5 Å². The first-order valence-electron chi connectivity index (χ1n) is 10.3. The van der Waals surface area contributed by atoms with Gasteiger partial charge in [-0.15, -0.1) is 11.3 Å². The van der Waals surface area contributed by atoms with E-state index < -0.39 is 23.7 Å². The Labute approximate surface area is 196 Å². The maximum absolute atomic E-state index is 13.3. The molecular formula is C24H19FN4O4S. The van der Waals surface area contributed by atoms with Crippen LogP contribution in [-0.4, -0.2) is 31.3 Å². The molecule has 0 amide bonds. The number of H-pyrrole nitrogens is 1. The molecule has 2 N–H and O–H groups in total. The molecule has 0 unspecified atom stereocenters. The molecule has 0 saturated heterocycles. The maximum Gasteiger partial charge on any atom is 0.334 e. The third-order valence-electron chi connectivity index (χ3n) is 5.52. The number of methoxy groups -OCH3 is 1. The number of thiophene rings is 1. The zero-order valence-corrected chi connectivity index (χ0v) is 19.0. The second kappa shape index (κ2) is 8.40. The molecule has 8 nitrogen and oxygen atoms in total. The quantitative estimate of drug-likeness (QED) is 0.402. The predicted molar refractivity (Wildman–Crippen MR) is 128 cm³/mol. The van der Waals surface area contributed by atoms with Crippen molar-refractivity contribution < 1.29 is 14.2 Å². The molecule has 0 bridgehead atoms. The number of hydrogen-bond acceptors (Lipinski definition) is 6. The highest BCUT2D eigenvalue weighted by atomic mass is 32.1. The molecule has 3 aromatic heterocycles. The number of hydrogen-bond donors (Lipinski definition) is 2. The summed E-state index contributed by atoms with van der Waals surface area (Å²) < 4.78 is 21.7. The van der Waals surface area contributed by atoms with Crippen LogP contribution in [0.1, 0.15) is 11.3 Å². The molecule has 5 aromatic rings. The lowest BCUT2D eigenvalue weighted by atomic mass is 10.1. The molecule has 0 aliphatic carbocycles. The zero-order chi connectivity index (χ0) is 24.0. The van der Waals surface area contributed by atoms with Crippen molar-refractivity contribution in [3.63, 3.8) is 0 Å². The number of imidazole rings is 1. The van der Waals surface area contributed by atoms with Crippen LogP contribution < -0.4 is 16.0 Å². The molecule has 2 aromatic carbocycles. The number of aliphatic hydroxyl groups is 1. The molecule has 10 heteroatoms. The molecule has 34 heavy (non-hydrogen) atoms. The zero-order valence-electron chi connectivity index (χ0n) is 18.2. The monoisotopic (exact) mass is 478 g/mol. The summed E-state index contributed by atoms with van der Waals surface area (Å²) in [6, 6.07) is 10.6. The van der Waals surface area contributed by atoms with Crippen LogP contribution >= 0.6 is 11.3 Å². The van der Waals surface area contributed by atoms with E-state index in [1.807, 2.05) is 35.9 Å². The number of ether oxygens (including phenoxy) is 1. The van der Waals surface area contributed by atoms with E-state index in [-0.39, 0.29) is 11.1 Å². The van der Waals surface area contributed by atoms with Crippen molar-refractivity contribution in [1.82, 2.24) is 19.1 Å². The fourth-order valence-corrected chi connectivity index (χ4v) is 5.12. The summed E-state index contributed by atoms with van der Waals surface area (Å²) in [5, 5.41) is 10.4. The number of halogens is 1. The first-order chi connectivity index (χ1) is 16.4. The van der Waals surface area contributed by atoms with Crippen LogP contribution in [0.2, 0.25) is 0 Å². The SMILES string of the molecule is COc1cc(-c2sc3[nH]c(=O)n(-c4ccc(F)cc4)c(=O)c3c2CO)ccc1-n1cnc(C)c1. The number of rotatable bonds is 5. The lowest BCUT2D eigenvalue weighted by molar-refractivity contribution is 0.284. The number of nitrogens with zero attached hydrogens (tertiary/aromatic N) is 3. The predicted octanol–water partition coefficient (Wildman–Crippen LogP) is 3.54. The van der Waals surface area contributed by atoms with E-state index >= 15 is 0 Å². The molecule has 0 atom stereocenters. The Morgan fingerprint density at radius 3 is 2.59 bits per heavy atom. The number of aliphatic hydroxyl groups excluding tert-OH is 1. The van der Waals surface area contributed by atoms with Gasteiger partial charge in [-0.1, -0.05) is 6.07 Å². The second-order valence-corrected chi connectivity index (χ2v) is 8.65. The van der Waals surface area contributed by atoms with Gasteiger partial charge in [0, 0.05) is 16.6 Å². The van der Waals surface area contributed by atoms with E-state index in [0.29, 0.717) is 21.0 Å². The largest absolute Gasteiger partial charge is 0.495 e. The first kappa shape index (κ1) is 21.8. The number of fused-ring (bicyclic) bond motifs is 1. The maximum atomic E-state index is 13.3. The minimum absolute atomic E-state index is 0.208. The van der Waals surface area contributed by atoms with Gasteiger partial charge >= 0.3 is 5.69 Å². The molecular weight excluding hydrogens is 459 g/mol. The Balaban J connectivity index is 1.71. The molecule has 0 fully saturated rings. The van der Waals surface area contributed by atoms with Crippen molar-refractivity contribution >= 4 is 21.6 Å². The number of aryl methyl sites for hydroxylation is 1. The van der Waals surface area contributed by atoms with Gasteiger partial charge in [-0.25, -0.2) is 18.7 Å². The van der Waals surface area contributed by atoms with Crippen molar-refractivity contribution in [3.05, 3.63) is 92.9 Å². The number of nitrogens with one attached hydrogen (secondary N) is 1. The number of aromatic amines is 1. The number of benzene rings is 2. The Hall–Kier alpha value is -4.02. The standard InChI is InChI=1S/C24H19FN4O4S/c1-13-10-28(12-26-13)18-8-3-14(9-19(18)33-2)21-17(11-30)20-22(34-21)27-24(32)29(23(20)31)16-6-4-15(25)5-7-16/h3-10,12,30H,11H2,1-2H3,(H,27,32). The van der Waals surface area contributed by atoms with Crippen molar-refractivity contribution in [1.29, 1.82) is 0 Å². The topological polar surface area (TPSA) is 102 Å². The molecule has 3 heterocycles. The molecule has 0 radical (unpaired) electrons. The average molecular weight is 479 g/mol. The van der Waals surface area contributed by atoms with Gasteiger partial charge in [0.25, 0.3) is 5.56 Å². The van der Waals surface area contributed by atoms with E-state index in [2.05, 4.69) is 9.97 Å². The van der Waals surface area contributed by atoms with Crippen molar-refractivity contribution in [2.24, 2.45) is 0 Å². The van der Waals surface area contributed by atoms with Crippen LogP contribution in [0.3, 0.4) is 0 Å². The van der Waals surface area contributed by atoms with E-state index in [9.17, 15) is 19.1 Å². The Morgan fingerprint density at radius 1 is 1.18 bits per heavy atom. The smallest absolute Gasteiger partial charge is 0.334 e. The van der Waals surface area contributed by atoms with Gasteiger partial charge in [0.05, 0.1) is 42.5 Å². The van der Waals surface area contributed by atoms with Crippen LogP contribution in [0.4, 0.5) is 4.39 Å². The van der Waals surface area contributed by atoms with Crippen LogP contribution in [0.25, 0.3) is 32.0 Å². The first-order valence-corrected chi connectivity index (χ1v) is 11.1. The lowest BCUT2D eigenvalue weighted by Crippen LogP contribution is -2.33. The summed E-state index contributed by atoms with van der Waals surface area (Å²) >= 11 is 1.20. The van der Waals surface area contributed by atoms with Crippen molar-refractivity contribution in [3.8, 4) is 27.6 Å². The third kappa shape index (κ3) is 3.53. The molecule has 5 rings (SSSR count). The normalized spacial score (nSPS) is 11.3. The van der Waals surface area contributed by atoms with Crippen molar-refractivity contribution in [2.75, 3.05) is 7.11 Å². The Bertz CT molecular complexity index is 1650. The van der Waals surface area contributed by atoms with Crippen LogP contribution in [-0.2, 0) is 6.61 Å². The van der Waals surface area contributed by atoms with Gasteiger partial charge in [0.15, 0.2) is 0 Å². The summed E-state index contributed by atoms with van der Waals surface area (Å²) in [6.07, 6.45) is 3.56. The van der Waals surface area contributed by atoms with Gasteiger partial charge in [-0.05, 0) is 48.9 Å². The van der Waals surface area contributed by atoms with Crippen LogP contribution in [0.15, 0.2) is 64.6 Å². The minimum atomic E-state index is -0.648. The summed E-state index contributed by atoms with van der Waals surface area (Å²) in [5.41, 5.74) is 1.75. The van der Waals surface area contributed by atoms with Gasteiger partial charge in [-0.2, -0.15) is 0 Å². The van der Waals surface area contributed by atoms with Gasteiger partial charge in [0.2, 0.25) is 0 Å². The fraction of sp³-hybridized carbons (Fsp3) is 0.125. The highest BCUT2D eigenvalue weighted by molar-refractivity contribution is 7.22. The van der Waals surface area contributed by atoms with Gasteiger partial charge in [0.1, 0.15) is 16.4 Å². The molecule has 0 saturated carbocycles. The molecule has 0 aliphatic rings. The summed E-state index contributed by atoms with van der Waals surface area (Å²) in [6.45, 7) is 1.48. The van der Waals surface area contributed by atoms with Crippen molar-refractivity contribution in [2.45, 2.75) is 13.5 Å².